The average Bonchev–Trinajstić information content (AvgIpc) is 2.38. The van der Waals surface area contributed by atoms with E-state index in [4.69, 9.17) is 5.73 Å². The van der Waals surface area contributed by atoms with Gasteiger partial charge < -0.3 is 10.6 Å². The lowest BCUT2D eigenvalue weighted by Gasteiger charge is -2.30. The van der Waals surface area contributed by atoms with Crippen LogP contribution in [0.3, 0.4) is 0 Å². The predicted molar refractivity (Wildman–Crippen MR) is 69.7 cm³/mol. The van der Waals surface area contributed by atoms with Crippen LogP contribution in [0.4, 0.5) is 11.5 Å². The van der Waals surface area contributed by atoms with Gasteiger partial charge in [0, 0.05) is 19.6 Å². The van der Waals surface area contributed by atoms with E-state index in [1.54, 1.807) is 0 Å². The Morgan fingerprint density at radius 1 is 1.31 bits per heavy atom. The van der Waals surface area contributed by atoms with Gasteiger partial charge >= 0.3 is 0 Å². The summed E-state index contributed by atoms with van der Waals surface area (Å²) in [6.07, 6.45) is 0. The van der Waals surface area contributed by atoms with Crippen molar-refractivity contribution in [3.05, 3.63) is 5.69 Å². The third-order valence-electron chi connectivity index (χ3n) is 2.69. The number of anilines is 2. The number of nitrogens with zero attached hydrogens (tertiary/aromatic N) is 3. The highest BCUT2D eigenvalue weighted by molar-refractivity contribution is 5.66. The van der Waals surface area contributed by atoms with Gasteiger partial charge in [0.05, 0.1) is 11.4 Å². The first-order valence-corrected chi connectivity index (χ1v) is 5.90. The van der Waals surface area contributed by atoms with E-state index in [1.165, 1.54) is 0 Å². The molecule has 0 saturated carbocycles. The molecule has 0 fully saturated rings. The molecule has 1 heterocycles. The molecule has 1 aromatic rings. The molecule has 0 saturated heterocycles. The van der Waals surface area contributed by atoms with E-state index in [-0.39, 0.29) is 0 Å². The Labute approximate surface area is 98.4 Å². The minimum Gasteiger partial charge on any atom is -0.394 e. The Morgan fingerprint density at radius 2 is 1.88 bits per heavy atom. The summed E-state index contributed by atoms with van der Waals surface area (Å²) in [5.41, 5.74) is 7.80. The highest BCUT2D eigenvalue weighted by atomic mass is 15.4. The second kappa shape index (κ2) is 4.76. The fraction of sp³-hybridized carbons (Fsp3) is 0.750. The Balaban J connectivity index is 3.10. The molecule has 4 heteroatoms. The molecule has 0 unspecified atom stereocenters. The van der Waals surface area contributed by atoms with Crippen LogP contribution < -0.4 is 10.6 Å². The second-order valence-electron chi connectivity index (χ2n) is 5.09. The van der Waals surface area contributed by atoms with Gasteiger partial charge in [-0.15, -0.1) is 0 Å². The molecule has 0 spiro atoms. The molecule has 1 rings (SSSR count). The molecule has 16 heavy (non-hydrogen) atoms. The summed E-state index contributed by atoms with van der Waals surface area (Å²) in [6.45, 7) is 11.8. The summed E-state index contributed by atoms with van der Waals surface area (Å²) < 4.78 is 1.88. The Hall–Kier alpha value is -1.19. The zero-order valence-corrected chi connectivity index (χ0v) is 11.3. The quantitative estimate of drug-likeness (QED) is 0.852. The maximum atomic E-state index is 6.09. The number of nitrogen functional groups attached to an aromatic ring is 1. The summed E-state index contributed by atoms with van der Waals surface area (Å²) in [4.78, 5) is 2.32. The van der Waals surface area contributed by atoms with Crippen molar-refractivity contribution in [3.8, 4) is 0 Å². The molecule has 1 aromatic heterocycles. The smallest absolute Gasteiger partial charge is 0.150 e. The maximum absolute atomic E-state index is 6.09. The van der Waals surface area contributed by atoms with Gasteiger partial charge in [0.25, 0.3) is 0 Å². The summed E-state index contributed by atoms with van der Waals surface area (Å²) >= 11 is 0. The van der Waals surface area contributed by atoms with E-state index in [1.807, 2.05) is 18.7 Å². The molecule has 4 nitrogen and oxygen atoms in total. The fourth-order valence-electron chi connectivity index (χ4n) is 1.94. The van der Waals surface area contributed by atoms with Gasteiger partial charge in [-0.25, -0.2) is 0 Å². The number of rotatable bonds is 4. The van der Waals surface area contributed by atoms with E-state index in [0.29, 0.717) is 12.0 Å². The molecular weight excluding hydrogens is 200 g/mol. The first kappa shape index (κ1) is 12.9. The van der Waals surface area contributed by atoms with Crippen LogP contribution >= 0.6 is 0 Å². The monoisotopic (exact) mass is 224 g/mol. The summed E-state index contributed by atoms with van der Waals surface area (Å²) in [5, 5.41) is 4.37. The Kier molecular flexibility index (Phi) is 3.83. The van der Waals surface area contributed by atoms with Crippen LogP contribution in [0.15, 0.2) is 0 Å². The summed E-state index contributed by atoms with van der Waals surface area (Å²) in [6, 6.07) is 0.430. The van der Waals surface area contributed by atoms with E-state index < -0.39 is 0 Å². The van der Waals surface area contributed by atoms with E-state index >= 15 is 0 Å². The largest absolute Gasteiger partial charge is 0.394 e. The van der Waals surface area contributed by atoms with Gasteiger partial charge in [0.2, 0.25) is 0 Å². The van der Waals surface area contributed by atoms with Crippen molar-refractivity contribution in [2.75, 3.05) is 17.2 Å². The second-order valence-corrected chi connectivity index (χ2v) is 5.09. The number of hydrogen-bond acceptors (Lipinski definition) is 3. The van der Waals surface area contributed by atoms with Crippen molar-refractivity contribution >= 4 is 11.5 Å². The van der Waals surface area contributed by atoms with E-state index in [9.17, 15) is 0 Å². The first-order valence-electron chi connectivity index (χ1n) is 5.90. The van der Waals surface area contributed by atoms with E-state index in [0.717, 1.165) is 23.7 Å². The number of aryl methyl sites for hydroxylation is 2. The van der Waals surface area contributed by atoms with Crippen LogP contribution in [0, 0.1) is 12.8 Å². The molecule has 2 N–H and O–H groups in total. The van der Waals surface area contributed by atoms with E-state index in [2.05, 4.69) is 37.7 Å². The van der Waals surface area contributed by atoms with Crippen LogP contribution in [0.2, 0.25) is 0 Å². The standard InChI is InChI=1S/C12H24N4/c1-8(2)7-16(9(3)4)12-11(13)10(5)14-15(12)6/h8-9H,7,13H2,1-6H3. The van der Waals surface area contributed by atoms with Gasteiger partial charge in [0.1, 0.15) is 0 Å². The zero-order valence-electron chi connectivity index (χ0n) is 11.3. The molecule has 0 aliphatic heterocycles. The molecule has 0 amide bonds. The van der Waals surface area contributed by atoms with Gasteiger partial charge in [0.15, 0.2) is 5.82 Å². The van der Waals surface area contributed by atoms with Crippen LogP contribution in [-0.2, 0) is 7.05 Å². The Bertz CT molecular complexity index is 352. The van der Waals surface area contributed by atoms with Crippen LogP contribution in [0.5, 0.6) is 0 Å². The van der Waals surface area contributed by atoms with Crippen molar-refractivity contribution < 1.29 is 0 Å². The summed E-state index contributed by atoms with van der Waals surface area (Å²) in [7, 11) is 1.95. The minimum atomic E-state index is 0.430. The number of nitrogens with two attached hydrogens (primary N) is 1. The zero-order chi connectivity index (χ0) is 12.5. The average molecular weight is 224 g/mol. The topological polar surface area (TPSA) is 47.1 Å². The van der Waals surface area contributed by atoms with Crippen LogP contribution in [-0.4, -0.2) is 22.4 Å². The molecule has 92 valence electrons. The van der Waals surface area contributed by atoms with Crippen LogP contribution in [0.25, 0.3) is 0 Å². The van der Waals surface area contributed by atoms with Gasteiger partial charge in [-0.05, 0) is 26.7 Å². The molecule has 0 aromatic carbocycles. The van der Waals surface area contributed by atoms with Crippen LogP contribution in [0.1, 0.15) is 33.4 Å². The lowest BCUT2D eigenvalue weighted by molar-refractivity contribution is 0.553. The molecule has 0 bridgehead atoms. The van der Waals surface area contributed by atoms with Crippen molar-refractivity contribution in [3.63, 3.8) is 0 Å². The first-order chi connectivity index (χ1) is 7.34. The van der Waals surface area contributed by atoms with Gasteiger partial charge in [-0.3, -0.25) is 4.68 Å². The molecule has 0 radical (unpaired) electrons. The number of hydrogen-bond donors (Lipinski definition) is 1. The number of aromatic nitrogens is 2. The third-order valence-corrected chi connectivity index (χ3v) is 2.69. The molecule has 0 aliphatic carbocycles. The lowest BCUT2D eigenvalue weighted by Crippen LogP contribution is -2.36. The highest BCUT2D eigenvalue weighted by Crippen LogP contribution is 2.27. The maximum Gasteiger partial charge on any atom is 0.150 e. The summed E-state index contributed by atoms with van der Waals surface area (Å²) in [5.74, 6) is 1.65. The Morgan fingerprint density at radius 3 is 2.19 bits per heavy atom. The van der Waals surface area contributed by atoms with Crippen molar-refractivity contribution in [1.82, 2.24) is 9.78 Å². The molecule has 0 atom stereocenters. The SMILES string of the molecule is Cc1nn(C)c(N(CC(C)C)C(C)C)c1N. The predicted octanol–water partition coefficient (Wildman–Crippen LogP) is 2.18. The van der Waals surface area contributed by atoms with Crippen molar-refractivity contribution in [2.24, 2.45) is 13.0 Å². The molecular formula is C12H24N4. The lowest BCUT2D eigenvalue weighted by atomic mass is 10.1. The van der Waals surface area contributed by atoms with Gasteiger partial charge in [-0.1, -0.05) is 13.8 Å². The molecule has 0 aliphatic rings. The minimum absolute atomic E-state index is 0.430. The fourth-order valence-corrected chi connectivity index (χ4v) is 1.94. The van der Waals surface area contributed by atoms with Crippen molar-refractivity contribution in [1.29, 1.82) is 0 Å². The normalized spacial score (nSPS) is 11.5. The van der Waals surface area contributed by atoms with Crippen molar-refractivity contribution in [2.45, 2.75) is 40.7 Å². The third kappa shape index (κ3) is 2.49. The highest BCUT2D eigenvalue weighted by Gasteiger charge is 2.20. The van der Waals surface area contributed by atoms with Gasteiger partial charge in [-0.2, -0.15) is 5.10 Å².